The molecule has 0 fully saturated rings. The predicted octanol–water partition coefficient (Wildman–Crippen LogP) is 4.34. The molecule has 0 spiro atoms. The van der Waals surface area contributed by atoms with Crippen LogP contribution < -0.4 is 4.57 Å². The first kappa shape index (κ1) is 11.8. The zero-order chi connectivity index (χ0) is 17.8. The van der Waals surface area contributed by atoms with Crippen molar-refractivity contribution in [2.75, 3.05) is 0 Å². The van der Waals surface area contributed by atoms with E-state index in [4.69, 9.17) is 7.16 Å². The Balaban J connectivity index is 1.94. The molecular formula is C20H19N2O+. The topological polar surface area (TPSA) is 29.9 Å². The van der Waals surface area contributed by atoms with E-state index < -0.39 is 6.37 Å². The van der Waals surface area contributed by atoms with Crippen LogP contribution in [0.2, 0.25) is 0 Å². The molecule has 1 aromatic carbocycles. The van der Waals surface area contributed by atoms with E-state index in [1.54, 1.807) is 13.1 Å². The van der Waals surface area contributed by atoms with Gasteiger partial charge in [0.05, 0.1) is 0 Å². The number of hydrogen-bond acceptors (Lipinski definition) is 2. The fraction of sp³-hybridized carbons (Fsp3) is 0.200. The summed E-state index contributed by atoms with van der Waals surface area (Å²) in [4.78, 5) is 4.29. The average Bonchev–Trinajstić information content (AvgIpc) is 2.90. The Kier molecular flexibility index (Phi) is 2.67. The van der Waals surface area contributed by atoms with Gasteiger partial charge in [-0.15, -0.1) is 0 Å². The first-order valence-electron chi connectivity index (χ1n) is 8.63. The number of hydrogen-bond donors (Lipinski definition) is 0. The first-order chi connectivity index (χ1) is 11.8. The van der Waals surface area contributed by atoms with Gasteiger partial charge in [-0.05, 0) is 49.2 Å². The van der Waals surface area contributed by atoms with Crippen molar-refractivity contribution in [3.63, 3.8) is 0 Å². The molecule has 3 aromatic heterocycles. The smallest absolute Gasteiger partial charge is 0.227 e. The normalized spacial score (nSPS) is 13.3. The van der Waals surface area contributed by atoms with Crippen molar-refractivity contribution in [3.05, 3.63) is 59.9 Å². The molecule has 0 N–H and O–H groups in total. The second kappa shape index (κ2) is 5.20. The highest BCUT2D eigenvalue weighted by molar-refractivity contribution is 6.05. The molecule has 0 saturated heterocycles. The third-order valence-corrected chi connectivity index (χ3v) is 4.29. The van der Waals surface area contributed by atoms with Crippen LogP contribution in [0.5, 0.6) is 0 Å². The summed E-state index contributed by atoms with van der Waals surface area (Å²) in [5, 5.41) is 2.04. The highest BCUT2D eigenvalue weighted by Gasteiger charge is 2.16. The molecule has 0 unspecified atom stereocenters. The SMILES string of the molecule is [2H]C([2H])(C)c1ccc(-c2cc3c(cc2C)oc2ncccc23)[n+](C)c1. The number of fused-ring (bicyclic) bond motifs is 3. The number of rotatable bonds is 2. The molecule has 4 rings (SSSR count). The van der Waals surface area contributed by atoms with Crippen LogP contribution in [-0.2, 0) is 13.4 Å². The molecular weight excluding hydrogens is 284 g/mol. The fourth-order valence-electron chi connectivity index (χ4n) is 3.07. The molecule has 0 amide bonds. The van der Waals surface area contributed by atoms with Crippen LogP contribution in [0.4, 0.5) is 0 Å². The summed E-state index contributed by atoms with van der Waals surface area (Å²) >= 11 is 0. The van der Waals surface area contributed by atoms with Gasteiger partial charge in [-0.2, -0.15) is 0 Å². The van der Waals surface area contributed by atoms with Gasteiger partial charge in [0.15, 0.2) is 6.20 Å². The summed E-state index contributed by atoms with van der Waals surface area (Å²) in [5.74, 6) is 0. The molecule has 3 nitrogen and oxygen atoms in total. The fourth-order valence-corrected chi connectivity index (χ4v) is 3.07. The molecule has 3 heteroatoms. The monoisotopic (exact) mass is 305 g/mol. The molecule has 3 heterocycles. The van der Waals surface area contributed by atoms with Crippen molar-refractivity contribution in [3.8, 4) is 11.3 Å². The molecule has 0 bridgehead atoms. The molecule has 4 aromatic rings. The summed E-state index contributed by atoms with van der Waals surface area (Å²) in [6.07, 6.45) is 2.23. The van der Waals surface area contributed by atoms with E-state index in [0.717, 1.165) is 33.2 Å². The molecule has 0 saturated carbocycles. The Hall–Kier alpha value is -2.68. The molecule has 114 valence electrons. The van der Waals surface area contributed by atoms with Crippen molar-refractivity contribution in [2.45, 2.75) is 20.2 Å². The largest absolute Gasteiger partial charge is 0.438 e. The Morgan fingerprint density at radius 1 is 1.22 bits per heavy atom. The minimum absolute atomic E-state index is 0.646. The maximum absolute atomic E-state index is 7.90. The van der Waals surface area contributed by atoms with Crippen molar-refractivity contribution in [2.24, 2.45) is 7.05 Å². The van der Waals surface area contributed by atoms with Crippen molar-refractivity contribution < 1.29 is 11.7 Å². The number of benzene rings is 1. The Morgan fingerprint density at radius 3 is 2.87 bits per heavy atom. The molecule has 0 aliphatic rings. The maximum atomic E-state index is 7.90. The molecule has 23 heavy (non-hydrogen) atoms. The van der Waals surface area contributed by atoms with E-state index in [0.29, 0.717) is 11.3 Å². The third kappa shape index (κ3) is 2.20. The standard InChI is InChI=1S/C20H19N2O/c1-4-14-7-8-18(22(3)12-14)16-11-17-15-6-5-9-21-20(15)23-19(17)10-13(16)2/h5-12H,4H2,1-3H3/q+1/i4D2. The predicted molar refractivity (Wildman–Crippen MR) is 92.2 cm³/mol. The molecule has 0 aliphatic heterocycles. The Labute approximate surface area is 138 Å². The van der Waals surface area contributed by atoms with E-state index in [1.807, 2.05) is 48.1 Å². The quantitative estimate of drug-likeness (QED) is 0.516. The van der Waals surface area contributed by atoms with Crippen LogP contribution >= 0.6 is 0 Å². The van der Waals surface area contributed by atoms with Crippen LogP contribution in [0.1, 0.15) is 20.8 Å². The zero-order valence-corrected chi connectivity index (χ0v) is 13.4. The van der Waals surface area contributed by atoms with Gasteiger partial charge in [-0.3, -0.25) is 0 Å². The lowest BCUT2D eigenvalue weighted by Crippen LogP contribution is -2.31. The minimum Gasteiger partial charge on any atom is -0.438 e. The van der Waals surface area contributed by atoms with Gasteiger partial charge in [-0.25, -0.2) is 9.55 Å². The summed E-state index contributed by atoms with van der Waals surface area (Å²) < 4.78 is 23.6. The van der Waals surface area contributed by atoms with E-state index in [9.17, 15) is 0 Å². The van der Waals surface area contributed by atoms with E-state index in [-0.39, 0.29) is 0 Å². The van der Waals surface area contributed by atoms with Gasteiger partial charge < -0.3 is 4.42 Å². The van der Waals surface area contributed by atoms with E-state index >= 15 is 0 Å². The van der Waals surface area contributed by atoms with Crippen LogP contribution in [-0.4, -0.2) is 4.98 Å². The first-order valence-corrected chi connectivity index (χ1v) is 7.63. The van der Waals surface area contributed by atoms with E-state index in [2.05, 4.69) is 18.0 Å². The lowest BCUT2D eigenvalue weighted by Gasteiger charge is -2.06. The second-order valence-electron chi connectivity index (χ2n) is 5.79. The van der Waals surface area contributed by atoms with Gasteiger partial charge in [0.25, 0.3) is 0 Å². The summed E-state index contributed by atoms with van der Waals surface area (Å²) in [7, 11) is 1.95. The number of pyridine rings is 2. The second-order valence-corrected chi connectivity index (χ2v) is 5.79. The van der Waals surface area contributed by atoms with Gasteiger partial charge >= 0.3 is 0 Å². The zero-order valence-electron chi connectivity index (χ0n) is 15.4. The van der Waals surface area contributed by atoms with Crippen LogP contribution in [0.25, 0.3) is 33.3 Å². The van der Waals surface area contributed by atoms with Gasteiger partial charge in [-0.1, -0.05) is 6.92 Å². The molecule has 0 atom stereocenters. The summed E-state index contributed by atoms with van der Waals surface area (Å²) in [6.45, 7) is 3.63. The van der Waals surface area contributed by atoms with Crippen molar-refractivity contribution in [1.82, 2.24) is 4.98 Å². The number of nitrogens with zero attached hydrogens (tertiary/aromatic N) is 2. The van der Waals surface area contributed by atoms with Gasteiger partial charge in [0.2, 0.25) is 11.4 Å². The summed E-state index contributed by atoms with van der Waals surface area (Å²) in [5.41, 5.74) is 5.38. The Morgan fingerprint density at radius 2 is 2.09 bits per heavy atom. The van der Waals surface area contributed by atoms with Crippen LogP contribution in [0, 0.1) is 6.92 Å². The van der Waals surface area contributed by atoms with Gasteiger partial charge in [0, 0.05) is 36.9 Å². The lowest BCUT2D eigenvalue weighted by molar-refractivity contribution is -0.660. The molecule has 0 radical (unpaired) electrons. The van der Waals surface area contributed by atoms with Crippen molar-refractivity contribution in [1.29, 1.82) is 0 Å². The Bertz CT molecular complexity index is 1110. The lowest BCUT2D eigenvalue weighted by atomic mass is 10.0. The van der Waals surface area contributed by atoms with E-state index in [1.165, 1.54) is 0 Å². The van der Waals surface area contributed by atoms with Crippen LogP contribution in [0.3, 0.4) is 0 Å². The van der Waals surface area contributed by atoms with Gasteiger partial charge in [0.1, 0.15) is 12.6 Å². The number of aromatic nitrogens is 2. The highest BCUT2D eigenvalue weighted by Crippen LogP contribution is 2.32. The summed E-state index contributed by atoms with van der Waals surface area (Å²) in [6, 6.07) is 11.9. The van der Waals surface area contributed by atoms with Crippen LogP contribution in [0.15, 0.2) is 53.2 Å². The third-order valence-electron chi connectivity index (χ3n) is 4.29. The highest BCUT2D eigenvalue weighted by atomic mass is 16.3. The minimum atomic E-state index is -1.36. The molecule has 0 aliphatic carbocycles. The number of aryl methyl sites for hydroxylation is 3. The van der Waals surface area contributed by atoms with Crippen molar-refractivity contribution >= 4 is 22.1 Å². The maximum Gasteiger partial charge on any atom is 0.227 e. The number of furan rings is 1. The average molecular weight is 305 g/mol.